The molecule has 0 bridgehead atoms. The number of rotatable bonds is 2. The van der Waals surface area contributed by atoms with Crippen LogP contribution in [0.3, 0.4) is 0 Å². The van der Waals surface area contributed by atoms with Crippen molar-refractivity contribution in [3.8, 4) is 0 Å². The van der Waals surface area contributed by atoms with Crippen LogP contribution in [0.2, 0.25) is 0 Å². The van der Waals surface area contributed by atoms with Gasteiger partial charge in [-0.15, -0.1) is 10.2 Å². The average Bonchev–Trinajstić information content (AvgIpc) is 2.62. The maximum absolute atomic E-state index is 14.4. The topological polar surface area (TPSA) is 38.1 Å². The van der Waals surface area contributed by atoms with Crippen molar-refractivity contribution in [2.24, 2.45) is 4.99 Å². The van der Waals surface area contributed by atoms with Crippen molar-refractivity contribution in [3.05, 3.63) is 71.2 Å². The van der Waals surface area contributed by atoms with Crippen LogP contribution < -0.4 is 0 Å². The zero-order chi connectivity index (χ0) is 16.7. The van der Waals surface area contributed by atoms with Gasteiger partial charge < -0.3 is 0 Å². The van der Waals surface area contributed by atoms with Gasteiger partial charge in [-0.2, -0.15) is 0 Å². The lowest BCUT2D eigenvalue weighted by Gasteiger charge is -2.31. The van der Waals surface area contributed by atoms with E-state index in [-0.39, 0.29) is 11.4 Å². The zero-order valence-electron chi connectivity index (χ0n) is 13.8. The summed E-state index contributed by atoms with van der Waals surface area (Å²) in [7, 11) is 0. The number of fused-ring (bicyclic) bond motifs is 2. The first-order valence-corrected chi connectivity index (χ1v) is 8.20. The highest BCUT2D eigenvalue weighted by molar-refractivity contribution is 6.14. The Hall–Kier alpha value is -2.62. The third kappa shape index (κ3) is 2.39. The number of benzene rings is 2. The van der Waals surface area contributed by atoms with Gasteiger partial charge in [-0.3, -0.25) is 4.99 Å². The summed E-state index contributed by atoms with van der Waals surface area (Å²) in [5.41, 5.74) is 3.50. The summed E-state index contributed by atoms with van der Waals surface area (Å²) in [6.45, 7) is 4.15. The van der Waals surface area contributed by atoms with Crippen molar-refractivity contribution in [2.45, 2.75) is 32.2 Å². The minimum atomic E-state index is -0.322. The van der Waals surface area contributed by atoms with Crippen molar-refractivity contribution < 1.29 is 4.39 Å². The predicted molar refractivity (Wildman–Crippen MR) is 94.0 cm³/mol. The molecule has 120 valence electrons. The molecule has 1 aliphatic heterocycles. The van der Waals surface area contributed by atoms with Crippen molar-refractivity contribution in [2.75, 3.05) is 0 Å². The number of hydrogen-bond acceptors (Lipinski definition) is 3. The van der Waals surface area contributed by atoms with Gasteiger partial charge in [0.15, 0.2) is 0 Å². The Balaban J connectivity index is 1.95. The summed E-state index contributed by atoms with van der Waals surface area (Å²) in [6.07, 6.45) is 1.45. The van der Waals surface area contributed by atoms with Crippen molar-refractivity contribution in [1.82, 2.24) is 10.2 Å². The fraction of sp³-hybridized carbons (Fsp3) is 0.250. The van der Waals surface area contributed by atoms with Gasteiger partial charge in [-0.1, -0.05) is 37.3 Å². The van der Waals surface area contributed by atoms with E-state index in [1.165, 1.54) is 6.07 Å². The van der Waals surface area contributed by atoms with Crippen LogP contribution in [-0.4, -0.2) is 21.4 Å². The molecule has 2 heterocycles. The van der Waals surface area contributed by atoms with E-state index in [2.05, 4.69) is 24.0 Å². The lowest BCUT2D eigenvalue weighted by Crippen LogP contribution is -2.33. The molecule has 3 aromatic rings. The molecule has 24 heavy (non-hydrogen) atoms. The van der Waals surface area contributed by atoms with Crippen LogP contribution in [0, 0.1) is 5.82 Å². The van der Waals surface area contributed by atoms with Gasteiger partial charge in [-0.05, 0) is 37.1 Å². The van der Waals surface area contributed by atoms with E-state index >= 15 is 0 Å². The van der Waals surface area contributed by atoms with E-state index in [4.69, 9.17) is 4.99 Å². The zero-order valence-corrected chi connectivity index (χ0v) is 13.8. The Bertz CT molecular complexity index is 964. The summed E-state index contributed by atoms with van der Waals surface area (Å²) in [4.78, 5) is 4.94. The minimum Gasteiger partial charge on any atom is -0.276 e. The third-order valence-corrected chi connectivity index (χ3v) is 4.81. The molecule has 1 unspecified atom stereocenters. The molecule has 0 saturated heterocycles. The van der Waals surface area contributed by atoms with E-state index in [9.17, 15) is 4.39 Å². The highest BCUT2D eigenvalue weighted by Gasteiger charge is 2.32. The fourth-order valence-corrected chi connectivity index (χ4v) is 3.21. The monoisotopic (exact) mass is 319 g/mol. The molecule has 0 amide bonds. The van der Waals surface area contributed by atoms with Crippen LogP contribution >= 0.6 is 0 Å². The number of halogens is 1. The Morgan fingerprint density at radius 3 is 2.75 bits per heavy atom. The van der Waals surface area contributed by atoms with E-state index in [0.29, 0.717) is 12.1 Å². The number of aliphatic imine (C=N–C) groups is 1. The molecule has 0 spiro atoms. The van der Waals surface area contributed by atoms with Gasteiger partial charge >= 0.3 is 0 Å². The quantitative estimate of drug-likeness (QED) is 0.705. The van der Waals surface area contributed by atoms with Gasteiger partial charge in [0, 0.05) is 17.4 Å². The van der Waals surface area contributed by atoms with Crippen molar-refractivity contribution in [3.63, 3.8) is 0 Å². The van der Waals surface area contributed by atoms with E-state index in [0.717, 1.165) is 34.2 Å². The van der Waals surface area contributed by atoms with Crippen LogP contribution in [0.5, 0.6) is 0 Å². The molecule has 0 N–H and O–H groups in total. The Morgan fingerprint density at radius 2 is 1.92 bits per heavy atom. The SMILES string of the molecule is CCC1(C)Cc2c(F)cccc2C(c2cc3ccccc3nn2)=N1. The maximum Gasteiger partial charge on any atom is 0.127 e. The van der Waals surface area contributed by atoms with Gasteiger partial charge in [0.2, 0.25) is 0 Å². The Labute approximate surface area is 140 Å². The second kappa shape index (κ2) is 5.48. The first-order valence-electron chi connectivity index (χ1n) is 8.20. The summed E-state index contributed by atoms with van der Waals surface area (Å²) in [6, 6.07) is 15.0. The summed E-state index contributed by atoms with van der Waals surface area (Å²) in [5.74, 6) is -0.173. The molecule has 3 nitrogen and oxygen atoms in total. The molecule has 0 aliphatic carbocycles. The summed E-state index contributed by atoms with van der Waals surface area (Å²) >= 11 is 0. The molecular formula is C20H18FN3. The second-order valence-corrected chi connectivity index (χ2v) is 6.54. The third-order valence-electron chi connectivity index (χ3n) is 4.81. The standard InChI is InChI=1S/C20H18FN3/c1-3-20(2)12-15-14(8-6-9-16(15)21)19(22-20)18-11-13-7-4-5-10-17(13)23-24-18/h4-11H,3,12H2,1-2H3. The molecule has 0 fully saturated rings. The van der Waals surface area contributed by atoms with E-state index in [1.807, 2.05) is 36.4 Å². The van der Waals surface area contributed by atoms with Crippen molar-refractivity contribution >= 4 is 16.6 Å². The van der Waals surface area contributed by atoms with Crippen molar-refractivity contribution in [1.29, 1.82) is 0 Å². The smallest absolute Gasteiger partial charge is 0.127 e. The number of aromatic nitrogens is 2. The molecule has 1 aromatic heterocycles. The number of hydrogen-bond donors (Lipinski definition) is 0. The molecule has 1 atom stereocenters. The lowest BCUT2D eigenvalue weighted by molar-refractivity contribution is 0.436. The van der Waals surface area contributed by atoms with Gasteiger partial charge in [0.25, 0.3) is 0 Å². The van der Waals surface area contributed by atoms with Crippen LogP contribution in [-0.2, 0) is 6.42 Å². The maximum atomic E-state index is 14.4. The molecule has 4 heteroatoms. The minimum absolute atomic E-state index is 0.173. The summed E-state index contributed by atoms with van der Waals surface area (Å²) in [5, 5.41) is 9.66. The Kier molecular flexibility index (Phi) is 3.41. The summed E-state index contributed by atoms with van der Waals surface area (Å²) < 4.78 is 14.4. The predicted octanol–water partition coefficient (Wildman–Crippen LogP) is 4.33. The largest absolute Gasteiger partial charge is 0.276 e. The second-order valence-electron chi connectivity index (χ2n) is 6.54. The molecule has 0 saturated carbocycles. The Morgan fingerprint density at radius 1 is 1.08 bits per heavy atom. The highest BCUT2D eigenvalue weighted by atomic mass is 19.1. The van der Waals surface area contributed by atoms with Crippen LogP contribution in [0.4, 0.5) is 4.39 Å². The first-order chi connectivity index (χ1) is 11.6. The van der Waals surface area contributed by atoms with E-state index < -0.39 is 0 Å². The van der Waals surface area contributed by atoms with Crippen LogP contribution in [0.25, 0.3) is 10.9 Å². The van der Waals surface area contributed by atoms with Gasteiger partial charge in [0.1, 0.15) is 11.5 Å². The first kappa shape index (κ1) is 14.9. The normalized spacial score (nSPS) is 19.9. The molecule has 4 rings (SSSR count). The van der Waals surface area contributed by atoms with Crippen LogP contribution in [0.15, 0.2) is 53.5 Å². The average molecular weight is 319 g/mol. The lowest BCUT2D eigenvalue weighted by atomic mass is 9.83. The highest BCUT2D eigenvalue weighted by Crippen LogP contribution is 2.33. The fourth-order valence-electron chi connectivity index (χ4n) is 3.21. The molecule has 0 radical (unpaired) electrons. The number of nitrogens with zero attached hydrogens (tertiary/aromatic N) is 3. The molecule has 2 aromatic carbocycles. The molecular weight excluding hydrogens is 301 g/mol. The molecule has 1 aliphatic rings. The van der Waals surface area contributed by atoms with Crippen LogP contribution in [0.1, 0.15) is 37.1 Å². The van der Waals surface area contributed by atoms with Gasteiger partial charge in [0.05, 0.1) is 16.8 Å². The van der Waals surface area contributed by atoms with E-state index in [1.54, 1.807) is 6.07 Å². The van der Waals surface area contributed by atoms with Gasteiger partial charge in [-0.25, -0.2) is 4.39 Å².